The lowest BCUT2D eigenvalue weighted by Gasteiger charge is -2.16. The lowest BCUT2D eigenvalue weighted by molar-refractivity contribution is -0.136. The van der Waals surface area contributed by atoms with Crippen molar-refractivity contribution < 1.29 is 27.4 Å². The molecular formula is C18H12F3NO3. The minimum atomic E-state index is -4.57. The van der Waals surface area contributed by atoms with Gasteiger partial charge in [0.25, 0.3) is 0 Å². The maximum Gasteiger partial charge on any atom is 0.419 e. The molecular weight excluding hydrogens is 335 g/mol. The van der Waals surface area contributed by atoms with Crippen molar-refractivity contribution in [1.29, 1.82) is 0 Å². The molecule has 0 saturated heterocycles. The fraction of sp³-hybridized carbons (Fsp3) is 0.167. The normalized spacial score (nSPS) is 13.3. The highest BCUT2D eigenvalue weighted by Gasteiger charge is 2.37. The molecule has 2 heterocycles. The Hall–Kier alpha value is -2.96. The van der Waals surface area contributed by atoms with E-state index in [-0.39, 0.29) is 17.9 Å². The molecule has 1 aliphatic rings. The molecule has 4 rings (SSSR count). The van der Waals surface area contributed by atoms with E-state index in [0.29, 0.717) is 28.2 Å². The first-order chi connectivity index (χ1) is 12.0. The summed E-state index contributed by atoms with van der Waals surface area (Å²) in [6.45, 7) is -0.00816. The number of methoxy groups -OCH3 is 1. The van der Waals surface area contributed by atoms with Crippen molar-refractivity contribution in [3.63, 3.8) is 0 Å². The van der Waals surface area contributed by atoms with Gasteiger partial charge in [0, 0.05) is 22.5 Å². The van der Waals surface area contributed by atoms with E-state index < -0.39 is 11.7 Å². The Bertz CT molecular complexity index is 952. The van der Waals surface area contributed by atoms with Crippen molar-refractivity contribution in [2.45, 2.75) is 6.18 Å². The van der Waals surface area contributed by atoms with E-state index in [1.54, 1.807) is 24.3 Å². The van der Waals surface area contributed by atoms with Gasteiger partial charge in [-0.25, -0.2) is 0 Å². The Kier molecular flexibility index (Phi) is 3.45. The van der Waals surface area contributed by atoms with Gasteiger partial charge in [-0.3, -0.25) is 4.98 Å². The fourth-order valence-corrected chi connectivity index (χ4v) is 2.86. The van der Waals surface area contributed by atoms with Gasteiger partial charge in [0.05, 0.1) is 18.4 Å². The van der Waals surface area contributed by atoms with E-state index in [9.17, 15) is 13.2 Å². The maximum atomic E-state index is 13.8. The van der Waals surface area contributed by atoms with E-state index >= 15 is 0 Å². The number of ether oxygens (including phenoxy) is 3. The van der Waals surface area contributed by atoms with Gasteiger partial charge >= 0.3 is 6.18 Å². The molecule has 1 aliphatic heterocycles. The number of nitrogens with zero attached hydrogens (tertiary/aromatic N) is 1. The smallest absolute Gasteiger partial charge is 0.419 e. The maximum absolute atomic E-state index is 13.8. The van der Waals surface area contributed by atoms with Crippen LogP contribution < -0.4 is 14.2 Å². The third kappa shape index (κ3) is 2.61. The summed E-state index contributed by atoms with van der Waals surface area (Å²) in [7, 11) is 1.49. The van der Waals surface area contributed by atoms with Crippen molar-refractivity contribution in [2.75, 3.05) is 13.9 Å². The van der Waals surface area contributed by atoms with Crippen LogP contribution in [0.2, 0.25) is 0 Å². The van der Waals surface area contributed by atoms with Gasteiger partial charge < -0.3 is 14.2 Å². The molecule has 0 atom stereocenters. The third-order valence-corrected chi connectivity index (χ3v) is 4.03. The van der Waals surface area contributed by atoms with Gasteiger partial charge in [0.2, 0.25) is 6.79 Å². The second kappa shape index (κ2) is 5.54. The van der Waals surface area contributed by atoms with Gasteiger partial charge in [0.15, 0.2) is 11.5 Å². The molecule has 2 aromatic carbocycles. The highest BCUT2D eigenvalue weighted by molar-refractivity contribution is 5.93. The molecule has 0 N–H and O–H groups in total. The van der Waals surface area contributed by atoms with Gasteiger partial charge in [-0.1, -0.05) is 0 Å². The summed E-state index contributed by atoms with van der Waals surface area (Å²) in [4.78, 5) is 4.07. The minimum Gasteiger partial charge on any atom is -0.497 e. The zero-order valence-corrected chi connectivity index (χ0v) is 13.1. The number of halogens is 3. The quantitative estimate of drug-likeness (QED) is 0.676. The number of benzene rings is 2. The van der Waals surface area contributed by atoms with Crippen molar-refractivity contribution in [3.8, 4) is 28.5 Å². The topological polar surface area (TPSA) is 40.6 Å². The molecule has 4 nitrogen and oxygen atoms in total. The first-order valence-corrected chi connectivity index (χ1v) is 7.41. The monoisotopic (exact) mass is 347 g/mol. The van der Waals surface area contributed by atoms with Crippen LogP contribution in [0.25, 0.3) is 22.0 Å². The Morgan fingerprint density at radius 2 is 1.72 bits per heavy atom. The minimum absolute atomic E-state index is 0.00816. The Labute approximate surface area is 140 Å². The van der Waals surface area contributed by atoms with Gasteiger partial charge in [-0.05, 0) is 36.4 Å². The Balaban J connectivity index is 1.99. The van der Waals surface area contributed by atoms with E-state index in [4.69, 9.17) is 14.2 Å². The number of pyridine rings is 1. The first-order valence-electron chi connectivity index (χ1n) is 7.41. The van der Waals surface area contributed by atoms with Crippen LogP contribution in [0.3, 0.4) is 0 Å². The molecule has 0 amide bonds. The second-order valence-corrected chi connectivity index (χ2v) is 5.50. The molecule has 0 bridgehead atoms. The van der Waals surface area contributed by atoms with E-state index in [2.05, 4.69) is 4.98 Å². The second-order valence-electron chi connectivity index (χ2n) is 5.50. The molecule has 0 radical (unpaired) electrons. The average molecular weight is 347 g/mol. The molecule has 0 unspecified atom stereocenters. The van der Waals surface area contributed by atoms with Crippen LogP contribution in [0.15, 0.2) is 42.6 Å². The number of alkyl halides is 3. The van der Waals surface area contributed by atoms with Crippen molar-refractivity contribution >= 4 is 10.8 Å². The molecule has 0 spiro atoms. The molecule has 1 aromatic heterocycles. The molecule has 128 valence electrons. The summed E-state index contributed by atoms with van der Waals surface area (Å²) >= 11 is 0. The van der Waals surface area contributed by atoms with Crippen LogP contribution in [0.5, 0.6) is 17.2 Å². The van der Waals surface area contributed by atoms with Crippen LogP contribution in [-0.2, 0) is 6.18 Å². The van der Waals surface area contributed by atoms with Gasteiger partial charge in [-0.15, -0.1) is 0 Å². The largest absolute Gasteiger partial charge is 0.497 e. The standard InChI is InChI=1S/C18H12F3NO3/c1-23-12-4-2-10(3-5-12)17-16(18(19,20)21)13-7-15-14(24-9-25-15)6-11(13)8-22-17/h2-8H,9H2,1H3. The predicted molar refractivity (Wildman–Crippen MR) is 84.9 cm³/mol. The van der Waals surface area contributed by atoms with Gasteiger partial charge in [0.1, 0.15) is 5.75 Å². The highest BCUT2D eigenvalue weighted by atomic mass is 19.4. The number of rotatable bonds is 2. The Morgan fingerprint density at radius 1 is 1.04 bits per heavy atom. The zero-order chi connectivity index (χ0) is 17.6. The Morgan fingerprint density at radius 3 is 2.36 bits per heavy atom. The molecule has 7 heteroatoms. The molecule has 0 fully saturated rings. The summed E-state index contributed by atoms with van der Waals surface area (Å²) in [6.07, 6.45) is -3.17. The molecule has 3 aromatic rings. The highest BCUT2D eigenvalue weighted by Crippen LogP contribution is 2.44. The van der Waals surface area contributed by atoms with E-state index in [0.717, 1.165) is 0 Å². The average Bonchev–Trinajstić information content (AvgIpc) is 3.05. The van der Waals surface area contributed by atoms with Crippen LogP contribution in [0.1, 0.15) is 5.56 Å². The lowest BCUT2D eigenvalue weighted by atomic mass is 9.99. The van der Waals surface area contributed by atoms with Crippen molar-refractivity contribution in [3.05, 3.63) is 48.2 Å². The van der Waals surface area contributed by atoms with E-state index in [1.165, 1.54) is 25.4 Å². The molecule has 25 heavy (non-hydrogen) atoms. The van der Waals surface area contributed by atoms with E-state index in [1.807, 2.05) is 0 Å². The SMILES string of the molecule is COc1ccc(-c2ncc3cc4c(cc3c2C(F)(F)F)OCO4)cc1. The van der Waals surface area contributed by atoms with Crippen LogP contribution in [-0.4, -0.2) is 18.9 Å². The number of hydrogen-bond donors (Lipinski definition) is 0. The zero-order valence-electron chi connectivity index (χ0n) is 13.1. The van der Waals surface area contributed by atoms with Crippen LogP contribution >= 0.6 is 0 Å². The molecule has 0 aliphatic carbocycles. The first kappa shape index (κ1) is 15.6. The van der Waals surface area contributed by atoms with Gasteiger partial charge in [-0.2, -0.15) is 13.2 Å². The number of hydrogen-bond acceptors (Lipinski definition) is 4. The predicted octanol–water partition coefficient (Wildman–Crippen LogP) is 4.66. The van der Waals surface area contributed by atoms with Crippen molar-refractivity contribution in [1.82, 2.24) is 4.98 Å². The summed E-state index contributed by atoms with van der Waals surface area (Å²) in [5.41, 5.74) is -0.581. The van der Waals surface area contributed by atoms with Crippen LogP contribution in [0, 0.1) is 0 Å². The summed E-state index contributed by atoms with van der Waals surface area (Å²) in [6, 6.07) is 9.17. The molecule has 0 saturated carbocycles. The fourth-order valence-electron chi connectivity index (χ4n) is 2.86. The lowest BCUT2D eigenvalue weighted by Crippen LogP contribution is -2.09. The van der Waals surface area contributed by atoms with Crippen molar-refractivity contribution in [2.24, 2.45) is 0 Å². The summed E-state index contributed by atoms with van der Waals surface area (Å²) in [5, 5.41) is 0.367. The summed E-state index contributed by atoms with van der Waals surface area (Å²) < 4.78 is 57.0. The third-order valence-electron chi connectivity index (χ3n) is 4.03. The number of fused-ring (bicyclic) bond motifs is 2. The van der Waals surface area contributed by atoms with Crippen LogP contribution in [0.4, 0.5) is 13.2 Å². The summed E-state index contributed by atoms with van der Waals surface area (Å²) in [5.74, 6) is 1.27. The number of aromatic nitrogens is 1.